The van der Waals surface area contributed by atoms with Crippen LogP contribution >= 0.6 is 11.8 Å². The number of carbonyl (C=O) groups is 2. The van der Waals surface area contributed by atoms with E-state index >= 15 is 0 Å². The minimum Gasteiger partial charge on any atom is -0.479 e. The molecule has 0 radical (unpaired) electrons. The lowest BCUT2D eigenvalue weighted by molar-refractivity contribution is -0.143. The van der Waals surface area contributed by atoms with Gasteiger partial charge in [-0.15, -0.1) is 0 Å². The van der Waals surface area contributed by atoms with E-state index in [1.165, 1.54) is 18.0 Å². The monoisotopic (exact) mass is 320 g/mol. The van der Waals surface area contributed by atoms with Gasteiger partial charge >= 0.3 is 5.97 Å². The number of hydrogen-bond donors (Lipinski definition) is 2. The Balaban J connectivity index is 1.92. The minimum absolute atomic E-state index is 0.348. The Bertz CT molecular complexity index is 765. The molecule has 1 fully saturated rings. The van der Waals surface area contributed by atoms with Crippen LogP contribution in [0.5, 0.6) is 0 Å². The van der Waals surface area contributed by atoms with Crippen molar-refractivity contribution in [3.8, 4) is 0 Å². The maximum absolute atomic E-state index is 12.4. The number of hydrogen-bond acceptors (Lipinski definition) is 5. The van der Waals surface area contributed by atoms with Gasteiger partial charge in [0, 0.05) is 24.4 Å². The van der Waals surface area contributed by atoms with E-state index in [2.05, 4.69) is 15.4 Å². The predicted molar refractivity (Wildman–Crippen MR) is 83.0 cm³/mol. The zero-order valence-corrected chi connectivity index (χ0v) is 13.1. The SMILES string of the molecule is Cc1nn(C)c2ncc(C(=O)N[C@]3(C(=O)O)CCSC3)cc12. The van der Waals surface area contributed by atoms with E-state index in [-0.39, 0.29) is 0 Å². The maximum atomic E-state index is 12.4. The number of rotatable bonds is 3. The molecular formula is C14H16N4O3S. The van der Waals surface area contributed by atoms with E-state index in [4.69, 9.17) is 0 Å². The fourth-order valence-corrected chi connectivity index (χ4v) is 3.93. The fourth-order valence-electron chi connectivity index (χ4n) is 2.61. The number of pyridine rings is 1. The Hall–Kier alpha value is -2.09. The summed E-state index contributed by atoms with van der Waals surface area (Å²) in [6.45, 7) is 1.85. The molecule has 0 spiro atoms. The highest BCUT2D eigenvalue weighted by Gasteiger charge is 2.43. The van der Waals surface area contributed by atoms with Crippen LogP contribution in [-0.4, -0.2) is 48.8 Å². The highest BCUT2D eigenvalue weighted by atomic mass is 32.2. The Morgan fingerprint density at radius 3 is 2.91 bits per heavy atom. The first-order valence-electron chi connectivity index (χ1n) is 6.86. The van der Waals surface area contributed by atoms with Gasteiger partial charge in [-0.2, -0.15) is 16.9 Å². The lowest BCUT2D eigenvalue weighted by Gasteiger charge is -2.24. The number of nitrogens with one attached hydrogen (secondary N) is 1. The molecule has 0 bridgehead atoms. The van der Waals surface area contributed by atoms with Gasteiger partial charge in [-0.3, -0.25) is 9.48 Å². The van der Waals surface area contributed by atoms with Gasteiger partial charge in [0.05, 0.1) is 11.3 Å². The summed E-state index contributed by atoms with van der Waals surface area (Å²) in [6.07, 6.45) is 1.89. The summed E-state index contributed by atoms with van der Waals surface area (Å²) in [6, 6.07) is 1.71. The number of aromatic nitrogens is 3. The van der Waals surface area contributed by atoms with Gasteiger partial charge in [-0.25, -0.2) is 9.78 Å². The molecule has 8 heteroatoms. The lowest BCUT2D eigenvalue weighted by atomic mass is 9.98. The third-order valence-corrected chi connectivity index (χ3v) is 5.10. The summed E-state index contributed by atoms with van der Waals surface area (Å²) < 4.78 is 1.65. The van der Waals surface area contributed by atoms with Crippen LogP contribution in [0.1, 0.15) is 22.5 Å². The van der Waals surface area contributed by atoms with Crippen molar-refractivity contribution in [1.29, 1.82) is 0 Å². The van der Waals surface area contributed by atoms with Crippen LogP contribution in [0.3, 0.4) is 0 Å². The zero-order chi connectivity index (χ0) is 15.9. The summed E-state index contributed by atoms with van der Waals surface area (Å²) >= 11 is 1.53. The van der Waals surface area contributed by atoms with Crippen molar-refractivity contribution in [2.24, 2.45) is 7.05 Å². The van der Waals surface area contributed by atoms with Crippen molar-refractivity contribution in [2.75, 3.05) is 11.5 Å². The quantitative estimate of drug-likeness (QED) is 0.874. The third-order valence-electron chi connectivity index (χ3n) is 3.91. The van der Waals surface area contributed by atoms with Gasteiger partial charge in [0.25, 0.3) is 5.91 Å². The lowest BCUT2D eigenvalue weighted by Crippen LogP contribution is -2.54. The molecule has 1 aliphatic rings. The van der Waals surface area contributed by atoms with Crippen molar-refractivity contribution >= 4 is 34.7 Å². The average Bonchev–Trinajstić information content (AvgIpc) is 3.06. The van der Waals surface area contributed by atoms with Gasteiger partial charge in [0.1, 0.15) is 5.54 Å². The molecule has 1 saturated heterocycles. The van der Waals surface area contributed by atoms with Crippen LogP contribution in [0.15, 0.2) is 12.3 Å². The molecule has 1 aliphatic heterocycles. The zero-order valence-electron chi connectivity index (χ0n) is 12.3. The molecule has 7 nitrogen and oxygen atoms in total. The summed E-state index contributed by atoms with van der Waals surface area (Å²) in [5.74, 6) is -0.290. The number of amides is 1. The normalized spacial score (nSPS) is 21.2. The maximum Gasteiger partial charge on any atom is 0.330 e. The number of carboxylic acids is 1. The summed E-state index contributed by atoms with van der Waals surface area (Å²) in [7, 11) is 1.79. The van der Waals surface area contributed by atoms with Crippen molar-refractivity contribution in [3.63, 3.8) is 0 Å². The molecule has 3 rings (SSSR count). The topological polar surface area (TPSA) is 97.1 Å². The van der Waals surface area contributed by atoms with Gasteiger partial charge in [-0.1, -0.05) is 0 Å². The number of fused-ring (bicyclic) bond motifs is 1. The van der Waals surface area contributed by atoms with E-state index < -0.39 is 17.4 Å². The van der Waals surface area contributed by atoms with Gasteiger partial charge in [-0.05, 0) is 25.2 Å². The number of aliphatic carboxylic acids is 1. The largest absolute Gasteiger partial charge is 0.479 e. The number of carbonyl (C=O) groups excluding carboxylic acids is 1. The highest BCUT2D eigenvalue weighted by molar-refractivity contribution is 7.99. The van der Waals surface area contributed by atoms with Crippen LogP contribution in [0.4, 0.5) is 0 Å². The standard InChI is InChI=1S/C14H16N4O3S/c1-8-10-5-9(6-15-11(10)18(2)17-8)12(19)16-14(13(20)21)3-4-22-7-14/h5-6H,3-4,7H2,1-2H3,(H,16,19)(H,20,21)/t14-/m1/s1. The number of nitrogens with zero attached hydrogens (tertiary/aromatic N) is 3. The molecule has 3 heterocycles. The smallest absolute Gasteiger partial charge is 0.330 e. The molecule has 0 aliphatic carbocycles. The highest BCUT2D eigenvalue weighted by Crippen LogP contribution is 2.28. The molecule has 22 heavy (non-hydrogen) atoms. The van der Waals surface area contributed by atoms with Crippen LogP contribution in [0.2, 0.25) is 0 Å². The predicted octanol–water partition coefficient (Wildman–Crippen LogP) is 0.967. The van der Waals surface area contributed by atoms with Crippen molar-refractivity contribution in [3.05, 3.63) is 23.5 Å². The van der Waals surface area contributed by atoms with Gasteiger partial charge < -0.3 is 10.4 Å². The molecule has 1 atom stereocenters. The second-order valence-corrected chi connectivity index (χ2v) is 6.55. The van der Waals surface area contributed by atoms with Crippen LogP contribution in [0.25, 0.3) is 11.0 Å². The molecule has 0 unspecified atom stereocenters. The number of aryl methyl sites for hydroxylation is 2. The molecule has 2 aromatic rings. The first-order chi connectivity index (χ1) is 10.4. The Labute approximate surface area is 131 Å². The number of thioether (sulfide) groups is 1. The van der Waals surface area contributed by atoms with Gasteiger partial charge in [0.2, 0.25) is 0 Å². The van der Waals surface area contributed by atoms with Crippen LogP contribution in [-0.2, 0) is 11.8 Å². The molecule has 0 aromatic carbocycles. The van der Waals surface area contributed by atoms with E-state index in [9.17, 15) is 14.7 Å². The Kier molecular flexibility index (Phi) is 3.56. The fraction of sp³-hybridized carbons (Fsp3) is 0.429. The molecular weight excluding hydrogens is 304 g/mol. The van der Waals surface area contributed by atoms with E-state index in [1.807, 2.05) is 6.92 Å². The second kappa shape index (κ2) is 5.28. The van der Waals surface area contributed by atoms with Crippen molar-refractivity contribution < 1.29 is 14.7 Å². The van der Waals surface area contributed by atoms with Crippen LogP contribution < -0.4 is 5.32 Å². The minimum atomic E-state index is -1.18. The van der Waals surface area contributed by atoms with E-state index in [1.54, 1.807) is 17.8 Å². The summed E-state index contributed by atoms with van der Waals surface area (Å²) in [5.41, 5.74) is 0.643. The Morgan fingerprint density at radius 2 is 2.27 bits per heavy atom. The molecule has 0 saturated carbocycles. The molecule has 2 N–H and O–H groups in total. The second-order valence-electron chi connectivity index (χ2n) is 5.45. The van der Waals surface area contributed by atoms with Crippen LogP contribution in [0, 0.1) is 6.92 Å². The average molecular weight is 320 g/mol. The molecule has 1 amide bonds. The molecule has 116 valence electrons. The van der Waals surface area contributed by atoms with E-state index in [0.717, 1.165) is 16.8 Å². The first-order valence-corrected chi connectivity index (χ1v) is 8.01. The van der Waals surface area contributed by atoms with Crippen molar-refractivity contribution in [2.45, 2.75) is 18.9 Å². The first kappa shape index (κ1) is 14.8. The van der Waals surface area contributed by atoms with E-state index in [0.29, 0.717) is 23.4 Å². The van der Waals surface area contributed by atoms with Crippen molar-refractivity contribution in [1.82, 2.24) is 20.1 Å². The Morgan fingerprint density at radius 1 is 1.50 bits per heavy atom. The van der Waals surface area contributed by atoms with Gasteiger partial charge in [0.15, 0.2) is 5.65 Å². The molecule has 2 aromatic heterocycles. The summed E-state index contributed by atoms with van der Waals surface area (Å²) in [4.78, 5) is 28.2. The number of carboxylic acid groups (broad SMARTS) is 1. The summed E-state index contributed by atoms with van der Waals surface area (Å²) in [5, 5.41) is 17.1. The third kappa shape index (κ3) is 2.33.